The molecule has 8 heteroatoms. The van der Waals surface area contributed by atoms with Crippen LogP contribution >= 0.6 is 0 Å². The second-order valence-electron chi connectivity index (χ2n) is 6.15. The van der Waals surface area contributed by atoms with Crippen molar-refractivity contribution in [1.82, 2.24) is 4.98 Å². The van der Waals surface area contributed by atoms with Crippen molar-refractivity contribution in [2.24, 2.45) is 0 Å². The summed E-state index contributed by atoms with van der Waals surface area (Å²) in [4.78, 5) is 16.7. The maximum Gasteiger partial charge on any atom is 0.274 e. The summed E-state index contributed by atoms with van der Waals surface area (Å²) in [5.74, 6) is 2.29. The fraction of sp³-hybridized carbons (Fsp3) is 0.143. The lowest BCUT2D eigenvalue weighted by Gasteiger charge is -2.13. The number of benzene rings is 2. The van der Waals surface area contributed by atoms with Crippen molar-refractivity contribution < 1.29 is 23.7 Å². The summed E-state index contributed by atoms with van der Waals surface area (Å²) in [6.45, 7) is 0.181. The first kappa shape index (κ1) is 18.4. The molecule has 2 heterocycles. The minimum absolute atomic E-state index is 0.181. The van der Waals surface area contributed by atoms with Crippen LogP contribution in [0, 0.1) is 0 Å². The van der Waals surface area contributed by atoms with Crippen molar-refractivity contribution in [3.8, 4) is 23.0 Å². The Morgan fingerprint density at radius 1 is 0.966 bits per heavy atom. The van der Waals surface area contributed by atoms with Gasteiger partial charge >= 0.3 is 0 Å². The van der Waals surface area contributed by atoms with Gasteiger partial charge in [-0.15, -0.1) is 0 Å². The summed E-state index contributed by atoms with van der Waals surface area (Å²) in [5.41, 5.74) is 2.32. The Hall–Kier alpha value is -3.94. The summed E-state index contributed by atoms with van der Waals surface area (Å²) >= 11 is 0. The number of nitrogens with one attached hydrogen (secondary N) is 2. The number of hydrogen-bond acceptors (Lipinski definition) is 7. The molecular formula is C21H19N3O5. The van der Waals surface area contributed by atoms with Crippen LogP contribution in [0.1, 0.15) is 10.5 Å². The van der Waals surface area contributed by atoms with E-state index in [1.807, 2.05) is 18.2 Å². The van der Waals surface area contributed by atoms with Gasteiger partial charge in [0.05, 0.1) is 31.8 Å². The molecule has 2 N–H and O–H groups in total. The number of hydrogen-bond donors (Lipinski definition) is 2. The number of methoxy groups -OCH3 is 2. The van der Waals surface area contributed by atoms with Gasteiger partial charge in [0.2, 0.25) is 6.79 Å². The quantitative estimate of drug-likeness (QED) is 0.658. The third-order valence-corrected chi connectivity index (χ3v) is 4.31. The van der Waals surface area contributed by atoms with Crippen LogP contribution in [-0.4, -0.2) is 31.9 Å². The molecule has 1 amide bonds. The molecule has 0 saturated heterocycles. The summed E-state index contributed by atoms with van der Waals surface area (Å²) in [7, 11) is 3.19. The van der Waals surface area contributed by atoms with E-state index in [1.165, 1.54) is 0 Å². The van der Waals surface area contributed by atoms with E-state index in [4.69, 9.17) is 18.9 Å². The van der Waals surface area contributed by atoms with Crippen LogP contribution in [-0.2, 0) is 0 Å². The Bertz CT molecular complexity index is 1040. The Morgan fingerprint density at radius 3 is 2.55 bits per heavy atom. The van der Waals surface area contributed by atoms with E-state index in [-0.39, 0.29) is 18.4 Å². The monoisotopic (exact) mass is 393 g/mol. The lowest BCUT2D eigenvalue weighted by Crippen LogP contribution is -2.13. The van der Waals surface area contributed by atoms with Crippen molar-refractivity contribution in [1.29, 1.82) is 0 Å². The molecule has 1 aromatic heterocycles. The Kier molecular flexibility index (Phi) is 5.07. The fourth-order valence-corrected chi connectivity index (χ4v) is 2.84. The number of amides is 1. The van der Waals surface area contributed by atoms with Gasteiger partial charge in [0.1, 0.15) is 17.2 Å². The molecule has 0 spiro atoms. The van der Waals surface area contributed by atoms with E-state index in [2.05, 4.69) is 15.6 Å². The molecule has 0 unspecified atom stereocenters. The van der Waals surface area contributed by atoms with Crippen LogP contribution in [0.5, 0.6) is 23.0 Å². The molecule has 0 atom stereocenters. The van der Waals surface area contributed by atoms with Crippen molar-refractivity contribution in [3.05, 3.63) is 60.4 Å². The van der Waals surface area contributed by atoms with Crippen molar-refractivity contribution >= 4 is 23.0 Å². The molecule has 1 aliphatic rings. The third kappa shape index (κ3) is 4.01. The Balaban J connectivity index is 1.46. The SMILES string of the molecule is COc1ccc(OC)c(Nc2ccc(C(=O)Nc3ccc4c(c3)OCO4)nc2)c1. The highest BCUT2D eigenvalue weighted by atomic mass is 16.7. The topological polar surface area (TPSA) is 90.9 Å². The van der Waals surface area contributed by atoms with Gasteiger partial charge in [-0.25, -0.2) is 4.98 Å². The number of fused-ring (bicyclic) bond motifs is 1. The molecule has 3 aromatic rings. The highest BCUT2D eigenvalue weighted by Crippen LogP contribution is 2.34. The zero-order valence-corrected chi connectivity index (χ0v) is 15.9. The minimum atomic E-state index is -0.325. The van der Waals surface area contributed by atoms with Gasteiger partial charge in [-0.2, -0.15) is 0 Å². The van der Waals surface area contributed by atoms with Gasteiger partial charge in [-0.1, -0.05) is 0 Å². The van der Waals surface area contributed by atoms with Crippen LogP contribution in [0.4, 0.5) is 17.1 Å². The molecule has 1 aliphatic heterocycles. The molecule has 0 radical (unpaired) electrons. The third-order valence-electron chi connectivity index (χ3n) is 4.31. The molecule has 2 aromatic carbocycles. The summed E-state index contributed by atoms with van der Waals surface area (Å²) in [5, 5.41) is 6.01. The number of anilines is 3. The zero-order chi connectivity index (χ0) is 20.2. The molecule has 4 rings (SSSR count). The molecular weight excluding hydrogens is 374 g/mol. The molecule has 0 fully saturated rings. The van der Waals surface area contributed by atoms with Crippen LogP contribution in [0.15, 0.2) is 54.7 Å². The van der Waals surface area contributed by atoms with Gasteiger partial charge in [-0.05, 0) is 36.4 Å². The highest BCUT2D eigenvalue weighted by molar-refractivity contribution is 6.03. The maximum atomic E-state index is 12.5. The zero-order valence-electron chi connectivity index (χ0n) is 15.9. The van der Waals surface area contributed by atoms with E-state index >= 15 is 0 Å². The number of rotatable bonds is 6. The van der Waals surface area contributed by atoms with Crippen molar-refractivity contribution in [3.63, 3.8) is 0 Å². The van der Waals surface area contributed by atoms with E-state index in [0.717, 1.165) is 5.69 Å². The predicted octanol–water partition coefficient (Wildman–Crippen LogP) is 3.82. The van der Waals surface area contributed by atoms with Crippen molar-refractivity contribution in [2.75, 3.05) is 31.6 Å². The number of carbonyl (C=O) groups excluding carboxylic acids is 1. The van der Waals surface area contributed by atoms with Gasteiger partial charge in [0.15, 0.2) is 11.5 Å². The lowest BCUT2D eigenvalue weighted by molar-refractivity contribution is 0.102. The maximum absolute atomic E-state index is 12.5. The van der Waals surface area contributed by atoms with Crippen LogP contribution < -0.4 is 29.6 Å². The summed E-state index contributed by atoms with van der Waals surface area (Å²) in [6.07, 6.45) is 1.58. The normalized spacial score (nSPS) is 11.7. The van der Waals surface area contributed by atoms with Gasteiger partial charge in [0, 0.05) is 17.8 Å². The summed E-state index contributed by atoms with van der Waals surface area (Å²) < 4.78 is 21.2. The van der Waals surface area contributed by atoms with Crippen LogP contribution in [0.2, 0.25) is 0 Å². The van der Waals surface area contributed by atoms with Gasteiger partial charge in [-0.3, -0.25) is 4.79 Å². The second-order valence-corrected chi connectivity index (χ2v) is 6.15. The first-order valence-corrected chi connectivity index (χ1v) is 8.82. The fourth-order valence-electron chi connectivity index (χ4n) is 2.84. The first-order valence-electron chi connectivity index (χ1n) is 8.82. The second kappa shape index (κ2) is 7.97. The Morgan fingerprint density at radius 2 is 1.79 bits per heavy atom. The molecule has 29 heavy (non-hydrogen) atoms. The average molecular weight is 393 g/mol. The number of aromatic nitrogens is 1. The van der Waals surface area contributed by atoms with Crippen molar-refractivity contribution in [2.45, 2.75) is 0 Å². The molecule has 0 saturated carbocycles. The average Bonchev–Trinajstić information content (AvgIpc) is 3.22. The molecule has 148 valence electrons. The van der Waals surface area contributed by atoms with E-state index in [9.17, 15) is 4.79 Å². The largest absolute Gasteiger partial charge is 0.497 e. The van der Waals surface area contributed by atoms with Crippen LogP contribution in [0.3, 0.4) is 0 Å². The molecule has 8 nitrogen and oxygen atoms in total. The van der Waals surface area contributed by atoms with Gasteiger partial charge in [0.25, 0.3) is 5.91 Å². The van der Waals surface area contributed by atoms with Gasteiger partial charge < -0.3 is 29.6 Å². The standard InChI is InChI=1S/C21H19N3O5/c1-26-15-5-8-18(27-2)17(10-15)23-14-3-6-16(22-11-14)21(25)24-13-4-7-19-20(9-13)29-12-28-19/h3-11,23H,12H2,1-2H3,(H,24,25). The highest BCUT2D eigenvalue weighted by Gasteiger charge is 2.15. The lowest BCUT2D eigenvalue weighted by atomic mass is 10.2. The summed E-state index contributed by atoms with van der Waals surface area (Å²) in [6, 6.07) is 14.0. The number of ether oxygens (including phenoxy) is 4. The minimum Gasteiger partial charge on any atom is -0.497 e. The number of nitrogens with zero attached hydrogens (tertiary/aromatic N) is 1. The van der Waals surface area contributed by atoms with E-state index < -0.39 is 0 Å². The van der Waals surface area contributed by atoms with E-state index in [1.54, 1.807) is 50.7 Å². The predicted molar refractivity (Wildman–Crippen MR) is 108 cm³/mol. The van der Waals surface area contributed by atoms with Crippen LogP contribution in [0.25, 0.3) is 0 Å². The molecule has 0 aliphatic carbocycles. The number of pyridine rings is 1. The first-order chi connectivity index (χ1) is 14.2. The molecule has 0 bridgehead atoms. The smallest absolute Gasteiger partial charge is 0.274 e. The van der Waals surface area contributed by atoms with E-state index in [0.29, 0.717) is 34.4 Å². The Labute approximate surface area is 167 Å². The number of carbonyl (C=O) groups is 1.